The summed E-state index contributed by atoms with van der Waals surface area (Å²) in [4.78, 5) is 2.15. The lowest BCUT2D eigenvalue weighted by Gasteiger charge is -2.21. The van der Waals surface area contributed by atoms with Gasteiger partial charge in [0.2, 0.25) is 0 Å². The van der Waals surface area contributed by atoms with Gasteiger partial charge in [0.1, 0.15) is 17.3 Å². The Hall–Kier alpha value is -1.36. The Morgan fingerprint density at radius 2 is 2.05 bits per heavy atom. The van der Waals surface area contributed by atoms with E-state index >= 15 is 0 Å². The van der Waals surface area contributed by atoms with Gasteiger partial charge >= 0.3 is 0 Å². The van der Waals surface area contributed by atoms with Gasteiger partial charge < -0.3 is 9.15 Å². The lowest BCUT2D eigenvalue weighted by Crippen LogP contribution is -2.26. The number of nitrogens with zero attached hydrogens (tertiary/aromatic N) is 1. The minimum absolute atomic E-state index is 0.325. The van der Waals surface area contributed by atoms with Crippen molar-refractivity contribution in [2.45, 2.75) is 20.0 Å². The number of methoxy groups -OCH3 is 1. The van der Waals surface area contributed by atoms with Gasteiger partial charge in [-0.2, -0.15) is 0 Å². The fourth-order valence-electron chi connectivity index (χ4n) is 2.12. The number of hydrogen-bond donors (Lipinski definition) is 0. The Balaban J connectivity index is 2.08. The Morgan fingerprint density at radius 1 is 1.24 bits per heavy atom. The van der Waals surface area contributed by atoms with Gasteiger partial charge in [-0.05, 0) is 36.8 Å². The summed E-state index contributed by atoms with van der Waals surface area (Å²) < 4.78 is 23.8. The third-order valence-electron chi connectivity index (χ3n) is 3.20. The second-order valence-corrected chi connectivity index (χ2v) is 5.36. The highest BCUT2D eigenvalue weighted by Crippen LogP contribution is 2.20. The van der Waals surface area contributed by atoms with E-state index in [2.05, 4.69) is 4.90 Å². The van der Waals surface area contributed by atoms with Gasteiger partial charge in [0.15, 0.2) is 0 Å². The highest BCUT2D eigenvalue weighted by Gasteiger charge is 2.12. The van der Waals surface area contributed by atoms with E-state index in [1.54, 1.807) is 13.2 Å². The SMILES string of the molecule is COCCN(Cc1ccc(C)o1)Cc1ccc(F)cc1Cl. The van der Waals surface area contributed by atoms with Crippen LogP contribution in [0.25, 0.3) is 0 Å². The molecular formula is C16H19ClFNO2. The molecule has 0 aliphatic heterocycles. The van der Waals surface area contributed by atoms with Crippen LogP contribution < -0.4 is 0 Å². The summed E-state index contributed by atoms with van der Waals surface area (Å²) in [6.45, 7) is 4.54. The first kappa shape index (κ1) is 16.0. The van der Waals surface area contributed by atoms with E-state index in [1.165, 1.54) is 12.1 Å². The molecule has 0 saturated carbocycles. The molecule has 0 atom stereocenters. The maximum atomic E-state index is 13.1. The Morgan fingerprint density at radius 3 is 2.67 bits per heavy atom. The van der Waals surface area contributed by atoms with Crippen molar-refractivity contribution in [1.29, 1.82) is 0 Å². The molecule has 0 fully saturated rings. The topological polar surface area (TPSA) is 25.6 Å². The van der Waals surface area contributed by atoms with Gasteiger partial charge in [-0.1, -0.05) is 17.7 Å². The first-order valence-corrected chi connectivity index (χ1v) is 7.17. The molecule has 0 N–H and O–H groups in total. The molecule has 0 spiro atoms. The van der Waals surface area contributed by atoms with Crippen LogP contribution in [0.15, 0.2) is 34.7 Å². The molecule has 2 aromatic rings. The first-order chi connectivity index (χ1) is 10.1. The van der Waals surface area contributed by atoms with E-state index in [0.717, 1.165) is 23.6 Å². The Kier molecular flexibility index (Phi) is 5.79. The van der Waals surface area contributed by atoms with Gasteiger partial charge in [0, 0.05) is 25.2 Å². The van der Waals surface area contributed by atoms with E-state index in [1.807, 2.05) is 19.1 Å². The molecule has 5 heteroatoms. The van der Waals surface area contributed by atoms with Crippen molar-refractivity contribution in [3.05, 3.63) is 58.3 Å². The van der Waals surface area contributed by atoms with Crippen molar-refractivity contribution in [2.75, 3.05) is 20.3 Å². The zero-order chi connectivity index (χ0) is 15.2. The van der Waals surface area contributed by atoms with Crippen molar-refractivity contribution in [3.63, 3.8) is 0 Å². The van der Waals surface area contributed by atoms with Crippen LogP contribution >= 0.6 is 11.6 Å². The summed E-state index contributed by atoms with van der Waals surface area (Å²) in [7, 11) is 1.67. The van der Waals surface area contributed by atoms with Crippen LogP contribution in [-0.2, 0) is 17.8 Å². The number of hydrogen-bond acceptors (Lipinski definition) is 3. The van der Waals surface area contributed by atoms with Crippen molar-refractivity contribution in [2.24, 2.45) is 0 Å². The highest BCUT2D eigenvalue weighted by molar-refractivity contribution is 6.31. The quantitative estimate of drug-likeness (QED) is 0.772. The normalized spacial score (nSPS) is 11.3. The molecule has 1 aromatic heterocycles. The second kappa shape index (κ2) is 7.59. The molecule has 21 heavy (non-hydrogen) atoms. The van der Waals surface area contributed by atoms with Crippen LogP contribution in [0.1, 0.15) is 17.1 Å². The van der Waals surface area contributed by atoms with E-state index < -0.39 is 0 Å². The van der Waals surface area contributed by atoms with Gasteiger partial charge in [-0.25, -0.2) is 4.39 Å². The van der Waals surface area contributed by atoms with Crippen LogP contribution in [0.2, 0.25) is 5.02 Å². The predicted octanol–water partition coefficient (Wildman–Crippen LogP) is 4.03. The number of rotatable bonds is 7. The van der Waals surface area contributed by atoms with Crippen LogP contribution in [0.3, 0.4) is 0 Å². The minimum atomic E-state index is -0.325. The maximum absolute atomic E-state index is 13.1. The predicted molar refractivity (Wildman–Crippen MR) is 80.8 cm³/mol. The van der Waals surface area contributed by atoms with E-state index in [9.17, 15) is 4.39 Å². The molecule has 3 nitrogen and oxygen atoms in total. The summed E-state index contributed by atoms with van der Waals surface area (Å²) in [6.07, 6.45) is 0. The third kappa shape index (κ3) is 4.84. The third-order valence-corrected chi connectivity index (χ3v) is 3.55. The van der Waals surface area contributed by atoms with Crippen LogP contribution in [-0.4, -0.2) is 25.2 Å². The van der Waals surface area contributed by atoms with Crippen molar-refractivity contribution >= 4 is 11.6 Å². The molecular weight excluding hydrogens is 293 g/mol. The molecule has 0 aliphatic carbocycles. The first-order valence-electron chi connectivity index (χ1n) is 6.79. The van der Waals surface area contributed by atoms with Crippen molar-refractivity contribution < 1.29 is 13.5 Å². The summed E-state index contributed by atoms with van der Waals surface area (Å²) in [5.41, 5.74) is 0.887. The number of benzene rings is 1. The number of ether oxygens (including phenoxy) is 1. The zero-order valence-electron chi connectivity index (χ0n) is 12.2. The molecule has 1 aromatic carbocycles. The Bertz CT molecular complexity index is 585. The summed E-state index contributed by atoms with van der Waals surface area (Å²) in [5.74, 6) is 1.45. The zero-order valence-corrected chi connectivity index (χ0v) is 13.0. The second-order valence-electron chi connectivity index (χ2n) is 4.95. The lowest BCUT2D eigenvalue weighted by molar-refractivity contribution is 0.135. The van der Waals surface area contributed by atoms with Gasteiger partial charge in [0.05, 0.1) is 13.2 Å². The van der Waals surface area contributed by atoms with Crippen molar-refractivity contribution in [1.82, 2.24) is 4.90 Å². The fraction of sp³-hybridized carbons (Fsp3) is 0.375. The lowest BCUT2D eigenvalue weighted by atomic mass is 10.2. The van der Waals surface area contributed by atoms with Crippen LogP contribution in [0, 0.1) is 12.7 Å². The van der Waals surface area contributed by atoms with Gasteiger partial charge in [0.25, 0.3) is 0 Å². The molecule has 2 rings (SSSR count). The molecule has 114 valence electrons. The molecule has 1 heterocycles. The largest absolute Gasteiger partial charge is 0.465 e. The number of aryl methyl sites for hydroxylation is 1. The van der Waals surface area contributed by atoms with Crippen molar-refractivity contribution in [3.8, 4) is 0 Å². The average molecular weight is 312 g/mol. The summed E-state index contributed by atoms with van der Waals surface area (Å²) in [6, 6.07) is 8.37. The highest BCUT2D eigenvalue weighted by atomic mass is 35.5. The molecule has 0 radical (unpaired) electrons. The molecule has 0 bridgehead atoms. The Labute approximate surface area is 129 Å². The van der Waals surface area contributed by atoms with Gasteiger partial charge in [-0.15, -0.1) is 0 Å². The number of halogens is 2. The average Bonchev–Trinajstić information content (AvgIpc) is 2.84. The monoisotopic (exact) mass is 311 g/mol. The summed E-state index contributed by atoms with van der Waals surface area (Å²) >= 11 is 6.09. The van der Waals surface area contributed by atoms with E-state index in [0.29, 0.717) is 24.7 Å². The molecule has 0 amide bonds. The molecule has 0 aliphatic rings. The summed E-state index contributed by atoms with van der Waals surface area (Å²) in [5, 5.41) is 0.438. The minimum Gasteiger partial charge on any atom is -0.465 e. The molecule has 0 saturated heterocycles. The standard InChI is InChI=1S/C16H19ClFNO2/c1-12-3-6-15(21-12)11-19(7-8-20-2)10-13-4-5-14(18)9-16(13)17/h3-6,9H,7-8,10-11H2,1-2H3. The van der Waals surface area contributed by atoms with Crippen LogP contribution in [0.5, 0.6) is 0 Å². The smallest absolute Gasteiger partial charge is 0.124 e. The molecule has 0 unspecified atom stereocenters. The maximum Gasteiger partial charge on any atom is 0.124 e. The van der Waals surface area contributed by atoms with Crippen LogP contribution in [0.4, 0.5) is 4.39 Å². The van der Waals surface area contributed by atoms with E-state index in [-0.39, 0.29) is 5.82 Å². The van der Waals surface area contributed by atoms with Gasteiger partial charge in [-0.3, -0.25) is 4.90 Å². The van der Waals surface area contributed by atoms with E-state index in [4.69, 9.17) is 20.8 Å². The number of furan rings is 1. The fourth-order valence-corrected chi connectivity index (χ4v) is 2.34.